The number of rotatable bonds is 4. The summed E-state index contributed by atoms with van der Waals surface area (Å²) in [4.78, 5) is 19.3. The number of nitrogens with one attached hydrogen (secondary N) is 1. The Balaban J connectivity index is 1.61. The predicted molar refractivity (Wildman–Crippen MR) is 66.2 cm³/mol. The van der Waals surface area contributed by atoms with Gasteiger partial charge >= 0.3 is 0 Å². The molecule has 2 aromatic rings. The van der Waals surface area contributed by atoms with Gasteiger partial charge in [-0.05, 0) is 12.8 Å². The van der Waals surface area contributed by atoms with Gasteiger partial charge in [-0.2, -0.15) is 4.98 Å². The van der Waals surface area contributed by atoms with Gasteiger partial charge in [0.25, 0.3) is 5.91 Å². The zero-order valence-electron chi connectivity index (χ0n) is 11.0. The van der Waals surface area contributed by atoms with Crippen LogP contribution in [0.15, 0.2) is 16.8 Å². The van der Waals surface area contributed by atoms with Crippen molar-refractivity contribution in [3.8, 4) is 0 Å². The molecule has 8 heteroatoms. The van der Waals surface area contributed by atoms with Crippen LogP contribution < -0.4 is 5.32 Å². The summed E-state index contributed by atoms with van der Waals surface area (Å²) in [5.74, 6) is -1.44. The molecule has 0 bridgehead atoms. The third-order valence-corrected chi connectivity index (χ3v) is 3.37. The van der Waals surface area contributed by atoms with Crippen LogP contribution in [0.3, 0.4) is 0 Å². The molecule has 1 aliphatic rings. The number of hydrogen-bond donors (Lipinski definition) is 1. The first-order valence-corrected chi connectivity index (χ1v) is 6.55. The van der Waals surface area contributed by atoms with Gasteiger partial charge in [0.1, 0.15) is 5.82 Å². The van der Waals surface area contributed by atoms with E-state index >= 15 is 0 Å². The van der Waals surface area contributed by atoms with Gasteiger partial charge in [0.15, 0.2) is 17.3 Å². The first-order chi connectivity index (χ1) is 10.1. The summed E-state index contributed by atoms with van der Waals surface area (Å²) >= 11 is 0. The van der Waals surface area contributed by atoms with Gasteiger partial charge in [0.05, 0.1) is 12.7 Å². The monoisotopic (exact) mass is 294 g/mol. The van der Waals surface area contributed by atoms with E-state index in [1.807, 2.05) is 0 Å². The quantitative estimate of drug-likeness (QED) is 0.932. The van der Waals surface area contributed by atoms with E-state index in [1.165, 1.54) is 0 Å². The lowest BCUT2D eigenvalue weighted by molar-refractivity contribution is 0.0940. The summed E-state index contributed by atoms with van der Waals surface area (Å²) in [7, 11) is 0. The molecular weight excluding hydrogens is 282 g/mol. The molecule has 0 saturated heterocycles. The maximum absolute atomic E-state index is 13.4. The van der Waals surface area contributed by atoms with Crippen molar-refractivity contribution in [2.45, 2.75) is 31.7 Å². The van der Waals surface area contributed by atoms with Gasteiger partial charge in [0.2, 0.25) is 5.89 Å². The minimum Gasteiger partial charge on any atom is -0.343 e. The lowest BCUT2D eigenvalue weighted by Crippen LogP contribution is -2.25. The fraction of sp³-hybridized carbons (Fsp3) is 0.385. The molecule has 0 spiro atoms. The largest absolute Gasteiger partial charge is 0.343 e. The number of amides is 1. The third-order valence-electron chi connectivity index (χ3n) is 3.37. The number of carbonyl (C=O) groups excluding carboxylic acids is 1. The maximum Gasteiger partial charge on any atom is 0.273 e. The third kappa shape index (κ3) is 2.88. The Morgan fingerprint density at radius 3 is 2.90 bits per heavy atom. The maximum atomic E-state index is 13.4. The zero-order chi connectivity index (χ0) is 14.8. The summed E-state index contributed by atoms with van der Waals surface area (Å²) < 4.78 is 31.2. The Morgan fingerprint density at radius 2 is 2.24 bits per heavy atom. The molecule has 1 fully saturated rings. The number of hydrogen-bond acceptors (Lipinski definition) is 5. The molecule has 1 N–H and O–H groups in total. The molecule has 0 radical (unpaired) electrons. The molecule has 2 heterocycles. The highest BCUT2D eigenvalue weighted by atomic mass is 19.1. The molecular formula is C13H12F2N4O2. The second-order valence-electron chi connectivity index (χ2n) is 4.84. The Kier molecular flexibility index (Phi) is 3.59. The van der Waals surface area contributed by atoms with Crippen LogP contribution in [0.2, 0.25) is 0 Å². The highest BCUT2D eigenvalue weighted by Gasteiger charge is 2.25. The number of pyridine rings is 1. The van der Waals surface area contributed by atoms with Gasteiger partial charge < -0.3 is 9.84 Å². The van der Waals surface area contributed by atoms with E-state index in [-0.39, 0.29) is 6.54 Å². The minimum atomic E-state index is -1.02. The van der Waals surface area contributed by atoms with E-state index in [9.17, 15) is 13.6 Å². The van der Waals surface area contributed by atoms with Crippen molar-refractivity contribution in [2.75, 3.05) is 0 Å². The lowest BCUT2D eigenvalue weighted by atomic mass is 9.85. The molecule has 1 aliphatic carbocycles. The van der Waals surface area contributed by atoms with Crippen LogP contribution in [-0.2, 0) is 6.54 Å². The van der Waals surface area contributed by atoms with Crippen LogP contribution in [0.4, 0.5) is 8.78 Å². The molecule has 110 valence electrons. The molecule has 21 heavy (non-hydrogen) atoms. The number of carbonyl (C=O) groups is 1. The van der Waals surface area contributed by atoms with Gasteiger partial charge in [-0.15, -0.1) is 0 Å². The van der Waals surface area contributed by atoms with Crippen LogP contribution in [0.25, 0.3) is 0 Å². The summed E-state index contributed by atoms with van der Waals surface area (Å²) in [6.45, 7) is -0.00640. The first-order valence-electron chi connectivity index (χ1n) is 6.55. The van der Waals surface area contributed by atoms with Crippen molar-refractivity contribution >= 4 is 5.91 Å². The van der Waals surface area contributed by atoms with Crippen LogP contribution in [0.5, 0.6) is 0 Å². The normalized spacial score (nSPS) is 14.8. The average molecular weight is 294 g/mol. The lowest BCUT2D eigenvalue weighted by Gasteiger charge is -2.20. The average Bonchev–Trinajstić information content (AvgIpc) is 2.82. The van der Waals surface area contributed by atoms with E-state index in [0.29, 0.717) is 23.7 Å². The van der Waals surface area contributed by atoms with Crippen LogP contribution >= 0.6 is 0 Å². The summed E-state index contributed by atoms with van der Waals surface area (Å²) in [6.07, 6.45) is 3.98. The second kappa shape index (κ2) is 5.55. The first kappa shape index (κ1) is 13.6. The summed E-state index contributed by atoms with van der Waals surface area (Å²) in [5.41, 5.74) is -0.473. The Hall–Kier alpha value is -2.38. The van der Waals surface area contributed by atoms with Gasteiger partial charge in [0, 0.05) is 12.0 Å². The molecule has 0 unspecified atom stereocenters. The highest BCUT2D eigenvalue weighted by Crippen LogP contribution is 2.35. The molecule has 6 nitrogen and oxygen atoms in total. The van der Waals surface area contributed by atoms with E-state index < -0.39 is 23.2 Å². The van der Waals surface area contributed by atoms with Crippen molar-refractivity contribution in [3.05, 3.63) is 41.3 Å². The van der Waals surface area contributed by atoms with E-state index in [1.54, 1.807) is 0 Å². The van der Waals surface area contributed by atoms with Crippen LogP contribution in [0.1, 0.15) is 47.4 Å². The zero-order valence-corrected chi connectivity index (χ0v) is 11.0. The predicted octanol–water partition coefficient (Wildman–Crippen LogP) is 1.94. The van der Waals surface area contributed by atoms with Crippen molar-refractivity contribution in [1.82, 2.24) is 20.4 Å². The molecule has 1 saturated carbocycles. The summed E-state index contributed by atoms with van der Waals surface area (Å²) in [5, 5.41) is 6.16. The summed E-state index contributed by atoms with van der Waals surface area (Å²) in [6, 6.07) is 0.602. The van der Waals surface area contributed by atoms with Gasteiger partial charge in [-0.25, -0.2) is 13.8 Å². The Bertz CT molecular complexity index is 670. The number of aromatic nitrogens is 3. The van der Waals surface area contributed by atoms with Gasteiger partial charge in [-0.1, -0.05) is 11.6 Å². The van der Waals surface area contributed by atoms with Crippen molar-refractivity contribution in [1.29, 1.82) is 0 Å². The van der Waals surface area contributed by atoms with Crippen LogP contribution in [-0.4, -0.2) is 21.0 Å². The minimum absolute atomic E-state index is 0.00640. The number of nitrogens with zero attached hydrogens (tertiary/aromatic N) is 3. The van der Waals surface area contributed by atoms with E-state index in [2.05, 4.69) is 20.4 Å². The molecule has 1 amide bonds. The molecule has 2 aromatic heterocycles. The molecule has 0 atom stereocenters. The highest BCUT2D eigenvalue weighted by molar-refractivity contribution is 5.92. The topological polar surface area (TPSA) is 80.9 Å². The number of halogens is 2. The van der Waals surface area contributed by atoms with Crippen molar-refractivity contribution in [3.63, 3.8) is 0 Å². The van der Waals surface area contributed by atoms with E-state index in [0.717, 1.165) is 25.5 Å². The second-order valence-corrected chi connectivity index (χ2v) is 4.84. The standard InChI is InChI=1S/C13H12F2N4O2/c14-8-4-9(15)11(16-5-8)12(20)17-6-10-18-13(21-19-10)7-2-1-3-7/h4-5,7H,1-3,6H2,(H,17,20). The smallest absolute Gasteiger partial charge is 0.273 e. The SMILES string of the molecule is O=C(NCc1noc(C2CCC2)n1)c1ncc(F)cc1F. The van der Waals surface area contributed by atoms with Gasteiger partial charge in [-0.3, -0.25) is 4.79 Å². The van der Waals surface area contributed by atoms with Crippen molar-refractivity contribution in [2.24, 2.45) is 0 Å². The molecule has 0 aromatic carbocycles. The molecule has 0 aliphatic heterocycles. The molecule has 3 rings (SSSR count). The fourth-order valence-electron chi connectivity index (χ4n) is 1.99. The van der Waals surface area contributed by atoms with Crippen LogP contribution in [0, 0.1) is 11.6 Å². The Morgan fingerprint density at radius 1 is 1.43 bits per heavy atom. The fourth-order valence-corrected chi connectivity index (χ4v) is 1.99. The van der Waals surface area contributed by atoms with Crippen molar-refractivity contribution < 1.29 is 18.1 Å². The van der Waals surface area contributed by atoms with E-state index in [4.69, 9.17) is 4.52 Å². The Labute approximate surface area is 118 Å².